The molecule has 0 aromatic carbocycles. The van der Waals surface area contributed by atoms with Gasteiger partial charge in [-0.15, -0.1) is 0 Å². The Morgan fingerprint density at radius 3 is 2.50 bits per heavy atom. The van der Waals surface area contributed by atoms with Crippen molar-refractivity contribution in [1.82, 2.24) is 9.80 Å². The molecule has 0 spiro atoms. The Balaban J connectivity index is 2.04. The van der Waals surface area contributed by atoms with Crippen molar-refractivity contribution >= 4 is 29.1 Å². The van der Waals surface area contributed by atoms with Crippen LogP contribution in [0.1, 0.15) is 13.3 Å². The molecule has 142 valence electrons. The molecule has 0 aromatic rings. The van der Waals surface area contributed by atoms with Crippen molar-refractivity contribution in [1.29, 1.82) is 0 Å². The van der Waals surface area contributed by atoms with Crippen molar-refractivity contribution in [2.24, 2.45) is 0 Å². The maximum atomic E-state index is 12.4. The lowest BCUT2D eigenvalue weighted by Crippen LogP contribution is -2.39. The van der Waals surface area contributed by atoms with Gasteiger partial charge in [-0.25, -0.2) is 9.59 Å². The molecule has 7 nitrogen and oxygen atoms in total. The Hall–Kier alpha value is -2.22. The van der Waals surface area contributed by atoms with E-state index < -0.39 is 12.2 Å². The molecule has 0 bridgehead atoms. The minimum absolute atomic E-state index is 0.0106. The monoisotopic (exact) mass is 380 g/mol. The van der Waals surface area contributed by atoms with Crippen LogP contribution in [0.25, 0.3) is 0 Å². The van der Waals surface area contributed by atoms with Crippen LogP contribution in [0.2, 0.25) is 0 Å². The van der Waals surface area contributed by atoms with Crippen LogP contribution in [-0.2, 0) is 14.3 Å². The molecule has 0 aliphatic carbocycles. The van der Waals surface area contributed by atoms with E-state index in [-0.39, 0.29) is 29.6 Å². The number of amides is 2. The maximum absolute atomic E-state index is 12.4. The van der Waals surface area contributed by atoms with Crippen LogP contribution in [0.3, 0.4) is 0 Å². The first-order valence-corrected chi connectivity index (χ1v) is 9.27. The molecule has 2 aliphatic heterocycles. The van der Waals surface area contributed by atoms with Crippen molar-refractivity contribution < 1.29 is 23.9 Å². The van der Waals surface area contributed by atoms with Crippen LogP contribution in [0, 0.1) is 0 Å². The molecule has 2 atom stereocenters. The molecular formula is C18H24N2O5S. The van der Waals surface area contributed by atoms with Gasteiger partial charge in [0.25, 0.3) is 0 Å². The third-order valence-corrected chi connectivity index (χ3v) is 5.12. The highest BCUT2D eigenvalue weighted by atomic mass is 32.2. The minimum atomic E-state index is -0.435. The van der Waals surface area contributed by atoms with E-state index in [4.69, 9.17) is 9.47 Å². The third-order valence-electron chi connectivity index (χ3n) is 4.11. The zero-order chi connectivity index (χ0) is 19.1. The summed E-state index contributed by atoms with van der Waals surface area (Å²) in [5, 5.41) is 0.0292. The number of nitrogens with zero attached hydrogens (tertiary/aromatic N) is 2. The second-order valence-electron chi connectivity index (χ2n) is 6.03. The summed E-state index contributed by atoms with van der Waals surface area (Å²) in [6, 6.07) is -0.193. The minimum Gasteiger partial charge on any atom is -0.445 e. The molecule has 0 radical (unpaired) electrons. The summed E-state index contributed by atoms with van der Waals surface area (Å²) >= 11 is 1.24. The van der Waals surface area contributed by atoms with Crippen LogP contribution in [-0.4, -0.2) is 71.2 Å². The van der Waals surface area contributed by atoms with Crippen molar-refractivity contribution in [3.63, 3.8) is 0 Å². The average Bonchev–Trinajstić information content (AvgIpc) is 3.23. The van der Waals surface area contributed by atoms with Gasteiger partial charge in [-0.2, -0.15) is 0 Å². The van der Waals surface area contributed by atoms with Crippen molar-refractivity contribution in [3.8, 4) is 0 Å². The SMILES string of the molecule is C=CCOC(=O)N1CC=C([C@@H]2C[C@H](SC(C)=O)CN2C(=O)OCC=C)C1. The summed E-state index contributed by atoms with van der Waals surface area (Å²) in [7, 11) is 0. The maximum Gasteiger partial charge on any atom is 0.410 e. The van der Waals surface area contributed by atoms with Crippen LogP contribution in [0.15, 0.2) is 37.0 Å². The van der Waals surface area contributed by atoms with Gasteiger partial charge in [-0.05, 0) is 12.0 Å². The number of rotatable bonds is 6. The Labute approximate surface area is 157 Å². The first-order chi connectivity index (χ1) is 12.5. The molecule has 0 unspecified atom stereocenters. The number of thioether (sulfide) groups is 1. The molecule has 26 heavy (non-hydrogen) atoms. The lowest BCUT2D eigenvalue weighted by atomic mass is 10.1. The molecule has 1 saturated heterocycles. The van der Waals surface area contributed by atoms with E-state index in [2.05, 4.69) is 13.2 Å². The largest absolute Gasteiger partial charge is 0.445 e. The predicted molar refractivity (Wildman–Crippen MR) is 99.9 cm³/mol. The van der Waals surface area contributed by atoms with Gasteiger partial charge in [0.05, 0.1) is 6.04 Å². The highest BCUT2D eigenvalue weighted by Crippen LogP contribution is 2.33. The normalized spacial score (nSPS) is 22.0. The van der Waals surface area contributed by atoms with E-state index in [9.17, 15) is 14.4 Å². The number of ether oxygens (including phenoxy) is 2. The number of hydrogen-bond donors (Lipinski definition) is 0. The number of likely N-dealkylation sites (tertiary alicyclic amines) is 1. The van der Waals surface area contributed by atoms with E-state index >= 15 is 0 Å². The average molecular weight is 380 g/mol. The summed E-state index contributed by atoms with van der Waals surface area (Å²) in [6.07, 6.45) is 4.76. The molecule has 0 aromatic heterocycles. The Morgan fingerprint density at radius 2 is 1.88 bits per heavy atom. The van der Waals surface area contributed by atoms with E-state index in [0.29, 0.717) is 26.1 Å². The summed E-state index contributed by atoms with van der Waals surface area (Å²) < 4.78 is 10.2. The zero-order valence-electron chi connectivity index (χ0n) is 14.9. The summed E-state index contributed by atoms with van der Waals surface area (Å²) in [5.41, 5.74) is 0.961. The third kappa shape index (κ3) is 5.14. The van der Waals surface area contributed by atoms with Crippen LogP contribution < -0.4 is 0 Å². The van der Waals surface area contributed by atoms with Crippen molar-refractivity contribution in [3.05, 3.63) is 37.0 Å². The lowest BCUT2D eigenvalue weighted by Gasteiger charge is -2.25. The van der Waals surface area contributed by atoms with E-state index in [1.54, 1.807) is 9.80 Å². The number of carbonyl (C=O) groups is 3. The lowest BCUT2D eigenvalue weighted by molar-refractivity contribution is -0.109. The van der Waals surface area contributed by atoms with Gasteiger partial charge in [-0.3, -0.25) is 4.79 Å². The zero-order valence-corrected chi connectivity index (χ0v) is 15.7. The van der Waals surface area contributed by atoms with Gasteiger partial charge in [0.2, 0.25) is 0 Å². The Morgan fingerprint density at radius 1 is 1.23 bits per heavy atom. The fraction of sp³-hybridized carbons (Fsp3) is 0.500. The van der Waals surface area contributed by atoms with Gasteiger partial charge in [0.1, 0.15) is 13.2 Å². The fourth-order valence-electron chi connectivity index (χ4n) is 3.06. The van der Waals surface area contributed by atoms with Crippen LogP contribution in [0.4, 0.5) is 9.59 Å². The highest BCUT2D eigenvalue weighted by Gasteiger charge is 2.40. The second kappa shape index (κ2) is 9.47. The molecule has 2 heterocycles. The quantitative estimate of drug-likeness (QED) is 0.659. The van der Waals surface area contributed by atoms with E-state index in [1.807, 2.05) is 6.08 Å². The summed E-state index contributed by atoms with van der Waals surface area (Å²) in [4.78, 5) is 39.0. The first kappa shape index (κ1) is 20.1. The van der Waals surface area contributed by atoms with Gasteiger partial charge in [-0.1, -0.05) is 43.1 Å². The van der Waals surface area contributed by atoms with Gasteiger partial charge >= 0.3 is 12.2 Å². The Bertz CT molecular complexity index is 619. The second-order valence-corrected chi connectivity index (χ2v) is 7.50. The molecule has 2 aliphatic rings. The summed E-state index contributed by atoms with van der Waals surface area (Å²) in [6.45, 7) is 10.1. The number of carbonyl (C=O) groups excluding carboxylic acids is 3. The first-order valence-electron chi connectivity index (χ1n) is 8.39. The van der Waals surface area contributed by atoms with Gasteiger partial charge < -0.3 is 19.3 Å². The van der Waals surface area contributed by atoms with E-state index in [1.165, 1.54) is 30.8 Å². The topological polar surface area (TPSA) is 76.2 Å². The van der Waals surface area contributed by atoms with Gasteiger partial charge in [0, 0.05) is 31.8 Å². The molecule has 0 N–H and O–H groups in total. The number of hydrogen-bond acceptors (Lipinski definition) is 6. The van der Waals surface area contributed by atoms with Crippen LogP contribution in [0.5, 0.6) is 0 Å². The van der Waals surface area contributed by atoms with Crippen molar-refractivity contribution in [2.75, 3.05) is 32.8 Å². The Kier molecular flexibility index (Phi) is 7.32. The molecule has 8 heteroatoms. The molecule has 1 fully saturated rings. The van der Waals surface area contributed by atoms with Gasteiger partial charge in [0.15, 0.2) is 5.12 Å². The van der Waals surface area contributed by atoms with Crippen LogP contribution >= 0.6 is 11.8 Å². The van der Waals surface area contributed by atoms with E-state index in [0.717, 1.165) is 5.57 Å². The smallest absolute Gasteiger partial charge is 0.410 e. The molecule has 0 saturated carbocycles. The van der Waals surface area contributed by atoms with Crippen molar-refractivity contribution in [2.45, 2.75) is 24.6 Å². The fourth-order valence-corrected chi connectivity index (χ4v) is 4.05. The molecule has 2 rings (SSSR count). The molecular weight excluding hydrogens is 356 g/mol. The highest BCUT2D eigenvalue weighted by molar-refractivity contribution is 8.14. The standard InChI is InChI=1S/C18H24N2O5S/c1-4-8-24-17(22)19-7-6-14(11-19)16-10-15(26-13(3)21)12-20(16)18(23)25-9-5-2/h4-6,15-16H,1-2,7-12H2,3H3/t15-,16-/m0/s1. The summed E-state index contributed by atoms with van der Waals surface area (Å²) in [5.74, 6) is 0. The predicted octanol–water partition coefficient (Wildman–Crippen LogP) is 2.60. The molecule has 2 amide bonds.